The molecule has 3 atom stereocenters. The molecule has 2 heteroatoms. The Kier molecular flexibility index (Phi) is 5.07. The minimum atomic E-state index is 0.606. The molecule has 1 fully saturated rings. The summed E-state index contributed by atoms with van der Waals surface area (Å²) in [6.07, 6.45) is 2.63. The molecule has 1 heterocycles. The molecule has 1 aliphatic heterocycles. The van der Waals surface area contributed by atoms with E-state index < -0.39 is 0 Å². The van der Waals surface area contributed by atoms with Gasteiger partial charge < -0.3 is 5.32 Å². The predicted octanol–water partition coefficient (Wildman–Crippen LogP) is 2.49. The van der Waals surface area contributed by atoms with Crippen LogP contribution >= 0.6 is 0 Å². The summed E-state index contributed by atoms with van der Waals surface area (Å²) in [5.74, 6) is 0.882. The zero-order chi connectivity index (χ0) is 11.4. The fourth-order valence-electron chi connectivity index (χ4n) is 2.71. The van der Waals surface area contributed by atoms with Crippen LogP contribution < -0.4 is 5.32 Å². The zero-order valence-corrected chi connectivity index (χ0v) is 11.1. The molecular weight excluding hydrogens is 184 g/mol. The van der Waals surface area contributed by atoms with Gasteiger partial charge in [0, 0.05) is 31.2 Å². The Labute approximate surface area is 95.4 Å². The second-order valence-corrected chi connectivity index (χ2v) is 5.51. The fourth-order valence-corrected chi connectivity index (χ4v) is 2.71. The van der Waals surface area contributed by atoms with Crippen LogP contribution in [0.3, 0.4) is 0 Å². The molecule has 0 radical (unpaired) electrons. The van der Waals surface area contributed by atoms with Gasteiger partial charge in [-0.2, -0.15) is 0 Å². The third-order valence-corrected chi connectivity index (χ3v) is 3.53. The van der Waals surface area contributed by atoms with Crippen molar-refractivity contribution in [2.75, 3.05) is 13.1 Å². The van der Waals surface area contributed by atoms with E-state index >= 15 is 0 Å². The molecule has 0 saturated carbocycles. The van der Waals surface area contributed by atoms with Crippen molar-refractivity contribution in [3.05, 3.63) is 0 Å². The minimum absolute atomic E-state index is 0.606. The van der Waals surface area contributed by atoms with Gasteiger partial charge >= 0.3 is 0 Å². The van der Waals surface area contributed by atoms with Gasteiger partial charge in [-0.25, -0.2) is 0 Å². The van der Waals surface area contributed by atoms with Crippen molar-refractivity contribution >= 4 is 0 Å². The smallest absolute Gasteiger partial charge is 0.0221 e. The van der Waals surface area contributed by atoms with Gasteiger partial charge in [-0.1, -0.05) is 27.7 Å². The molecule has 2 nitrogen and oxygen atoms in total. The molecule has 0 aliphatic carbocycles. The summed E-state index contributed by atoms with van der Waals surface area (Å²) in [7, 11) is 0. The summed E-state index contributed by atoms with van der Waals surface area (Å²) < 4.78 is 0. The summed E-state index contributed by atoms with van der Waals surface area (Å²) in [6, 6.07) is 2.11. The second-order valence-electron chi connectivity index (χ2n) is 5.51. The maximum atomic E-state index is 3.57. The van der Waals surface area contributed by atoms with E-state index in [9.17, 15) is 0 Å². The third-order valence-electron chi connectivity index (χ3n) is 3.53. The first kappa shape index (κ1) is 13.0. The van der Waals surface area contributed by atoms with Crippen molar-refractivity contribution < 1.29 is 0 Å². The normalized spacial score (nSPS) is 30.0. The van der Waals surface area contributed by atoms with Gasteiger partial charge in [0.15, 0.2) is 0 Å². The van der Waals surface area contributed by atoms with Crippen molar-refractivity contribution in [1.29, 1.82) is 0 Å². The zero-order valence-electron chi connectivity index (χ0n) is 11.1. The van der Waals surface area contributed by atoms with Crippen LogP contribution in [0.25, 0.3) is 0 Å². The van der Waals surface area contributed by atoms with Crippen LogP contribution in [0, 0.1) is 5.92 Å². The van der Waals surface area contributed by atoms with Crippen LogP contribution in [0.5, 0.6) is 0 Å². The highest BCUT2D eigenvalue weighted by Gasteiger charge is 2.30. The SMILES string of the molecule is CCC(CNC(C)C)N1CC(C)CC1C. The van der Waals surface area contributed by atoms with Gasteiger partial charge in [0.2, 0.25) is 0 Å². The molecule has 0 bridgehead atoms. The molecule has 1 saturated heterocycles. The van der Waals surface area contributed by atoms with Crippen LogP contribution in [-0.4, -0.2) is 36.1 Å². The molecule has 0 amide bonds. The lowest BCUT2D eigenvalue weighted by Gasteiger charge is -2.31. The van der Waals surface area contributed by atoms with Crippen molar-refractivity contribution in [3.63, 3.8) is 0 Å². The first-order valence-electron chi connectivity index (χ1n) is 6.53. The predicted molar refractivity (Wildman–Crippen MR) is 67.2 cm³/mol. The molecular formula is C13H28N2. The van der Waals surface area contributed by atoms with Gasteiger partial charge in [0.25, 0.3) is 0 Å². The Morgan fingerprint density at radius 2 is 2.00 bits per heavy atom. The molecule has 90 valence electrons. The molecule has 0 aromatic carbocycles. The Hall–Kier alpha value is -0.0800. The van der Waals surface area contributed by atoms with E-state index in [0.717, 1.165) is 24.5 Å². The average Bonchev–Trinajstić information content (AvgIpc) is 2.46. The summed E-state index contributed by atoms with van der Waals surface area (Å²) in [6.45, 7) is 13.9. The number of hydrogen-bond donors (Lipinski definition) is 1. The quantitative estimate of drug-likeness (QED) is 0.753. The number of hydrogen-bond acceptors (Lipinski definition) is 2. The Morgan fingerprint density at radius 1 is 1.33 bits per heavy atom. The average molecular weight is 212 g/mol. The molecule has 1 N–H and O–H groups in total. The minimum Gasteiger partial charge on any atom is -0.313 e. The topological polar surface area (TPSA) is 15.3 Å². The van der Waals surface area contributed by atoms with Crippen molar-refractivity contribution in [1.82, 2.24) is 10.2 Å². The summed E-state index contributed by atoms with van der Waals surface area (Å²) >= 11 is 0. The largest absolute Gasteiger partial charge is 0.313 e. The summed E-state index contributed by atoms with van der Waals surface area (Å²) in [4.78, 5) is 2.69. The standard InChI is InChI=1S/C13H28N2/c1-6-13(8-14-10(2)3)15-9-11(4)7-12(15)5/h10-14H,6-9H2,1-5H3. The number of nitrogens with zero attached hydrogens (tertiary/aromatic N) is 1. The van der Waals surface area contributed by atoms with Crippen molar-refractivity contribution in [2.24, 2.45) is 5.92 Å². The van der Waals surface area contributed by atoms with E-state index in [1.807, 2.05) is 0 Å². The van der Waals surface area contributed by atoms with Crippen LogP contribution in [0.1, 0.15) is 47.5 Å². The fraction of sp³-hybridized carbons (Fsp3) is 1.00. The maximum Gasteiger partial charge on any atom is 0.0221 e. The lowest BCUT2D eigenvalue weighted by Crippen LogP contribution is -2.45. The van der Waals surface area contributed by atoms with Gasteiger partial charge in [0.05, 0.1) is 0 Å². The highest BCUT2D eigenvalue weighted by atomic mass is 15.2. The maximum absolute atomic E-state index is 3.57. The van der Waals surface area contributed by atoms with Gasteiger partial charge in [0.1, 0.15) is 0 Å². The van der Waals surface area contributed by atoms with Crippen LogP contribution in [0.4, 0.5) is 0 Å². The monoisotopic (exact) mass is 212 g/mol. The number of rotatable bonds is 5. The van der Waals surface area contributed by atoms with E-state index in [4.69, 9.17) is 0 Å². The highest BCUT2D eigenvalue weighted by molar-refractivity contribution is 4.86. The molecule has 1 rings (SSSR count). The van der Waals surface area contributed by atoms with E-state index in [0.29, 0.717) is 6.04 Å². The number of nitrogens with one attached hydrogen (secondary N) is 1. The molecule has 15 heavy (non-hydrogen) atoms. The highest BCUT2D eigenvalue weighted by Crippen LogP contribution is 2.25. The van der Waals surface area contributed by atoms with Crippen molar-refractivity contribution in [3.8, 4) is 0 Å². The second kappa shape index (κ2) is 5.86. The lowest BCUT2D eigenvalue weighted by molar-refractivity contribution is 0.175. The molecule has 0 aromatic heterocycles. The number of likely N-dealkylation sites (tertiary alicyclic amines) is 1. The van der Waals surface area contributed by atoms with Crippen molar-refractivity contribution in [2.45, 2.75) is 65.6 Å². The van der Waals surface area contributed by atoms with E-state index in [2.05, 4.69) is 44.8 Å². The van der Waals surface area contributed by atoms with Gasteiger partial charge in [-0.05, 0) is 25.7 Å². The Morgan fingerprint density at radius 3 is 2.40 bits per heavy atom. The van der Waals surface area contributed by atoms with Crippen LogP contribution in [-0.2, 0) is 0 Å². The van der Waals surface area contributed by atoms with E-state index in [1.165, 1.54) is 19.4 Å². The van der Waals surface area contributed by atoms with E-state index in [1.54, 1.807) is 0 Å². The first-order valence-corrected chi connectivity index (χ1v) is 6.53. The lowest BCUT2D eigenvalue weighted by atomic mass is 10.1. The van der Waals surface area contributed by atoms with Crippen LogP contribution in [0.2, 0.25) is 0 Å². The summed E-state index contributed by atoms with van der Waals surface area (Å²) in [5, 5.41) is 3.57. The Balaban J connectivity index is 2.43. The summed E-state index contributed by atoms with van der Waals surface area (Å²) in [5.41, 5.74) is 0. The molecule has 3 unspecified atom stereocenters. The van der Waals surface area contributed by atoms with Gasteiger partial charge in [-0.3, -0.25) is 4.90 Å². The molecule has 0 spiro atoms. The van der Waals surface area contributed by atoms with Crippen LogP contribution in [0.15, 0.2) is 0 Å². The third kappa shape index (κ3) is 3.76. The Bertz CT molecular complexity index is 179. The first-order chi connectivity index (χ1) is 7.04. The molecule has 1 aliphatic rings. The van der Waals surface area contributed by atoms with E-state index in [-0.39, 0.29) is 0 Å². The molecule has 0 aromatic rings. The van der Waals surface area contributed by atoms with Gasteiger partial charge in [-0.15, -0.1) is 0 Å².